The van der Waals surface area contributed by atoms with Gasteiger partial charge in [-0.15, -0.1) is 0 Å². The van der Waals surface area contributed by atoms with Crippen molar-refractivity contribution in [3.05, 3.63) is 89.2 Å². The number of ether oxygens (including phenoxy) is 2. The summed E-state index contributed by atoms with van der Waals surface area (Å²) in [5.41, 5.74) is 1.81. The number of methoxy groups -OCH3 is 2. The Morgan fingerprint density at radius 1 is 0.871 bits per heavy atom. The average Bonchev–Trinajstić information content (AvgIpc) is 2.79. The van der Waals surface area contributed by atoms with Gasteiger partial charge in [0.05, 0.1) is 25.5 Å². The smallest absolute Gasteiger partial charge is 0.255 e. The van der Waals surface area contributed by atoms with E-state index >= 15 is 0 Å². The van der Waals surface area contributed by atoms with Crippen LogP contribution in [0.4, 0.5) is 10.1 Å². The molecular formula is C24H23FN2O4. The monoisotopic (exact) mass is 422 g/mol. The third kappa shape index (κ3) is 5.60. The summed E-state index contributed by atoms with van der Waals surface area (Å²) in [6.07, 6.45) is 0.587. The third-order valence-corrected chi connectivity index (χ3v) is 4.65. The van der Waals surface area contributed by atoms with E-state index < -0.39 is 11.7 Å². The number of hydrogen-bond acceptors (Lipinski definition) is 4. The molecule has 0 unspecified atom stereocenters. The first-order chi connectivity index (χ1) is 15.0. The number of nitrogens with one attached hydrogen (secondary N) is 2. The maximum Gasteiger partial charge on any atom is 0.255 e. The summed E-state index contributed by atoms with van der Waals surface area (Å²) in [4.78, 5) is 25.1. The highest BCUT2D eigenvalue weighted by molar-refractivity contribution is 6.09. The lowest BCUT2D eigenvalue weighted by Gasteiger charge is -2.12. The fourth-order valence-corrected chi connectivity index (χ4v) is 3.07. The lowest BCUT2D eigenvalue weighted by atomic mass is 10.1. The highest BCUT2D eigenvalue weighted by Gasteiger charge is 2.14. The van der Waals surface area contributed by atoms with Gasteiger partial charge < -0.3 is 20.1 Å². The quantitative estimate of drug-likeness (QED) is 0.574. The Kier molecular flexibility index (Phi) is 7.22. The van der Waals surface area contributed by atoms with Crippen LogP contribution in [0, 0.1) is 5.82 Å². The summed E-state index contributed by atoms with van der Waals surface area (Å²) >= 11 is 0. The SMILES string of the molecule is COc1ccc(CCNC(=O)c2ccccc2NC(=O)c2cccc(F)c2)cc1OC. The molecule has 3 rings (SSSR count). The predicted octanol–water partition coefficient (Wildman–Crippen LogP) is 4.07. The van der Waals surface area contributed by atoms with Gasteiger partial charge in [0.25, 0.3) is 11.8 Å². The third-order valence-electron chi connectivity index (χ3n) is 4.65. The van der Waals surface area contributed by atoms with E-state index in [9.17, 15) is 14.0 Å². The van der Waals surface area contributed by atoms with Crippen LogP contribution in [0.2, 0.25) is 0 Å². The Hall–Kier alpha value is -3.87. The van der Waals surface area contributed by atoms with Crippen molar-refractivity contribution in [1.82, 2.24) is 5.32 Å². The Morgan fingerprint density at radius 3 is 2.39 bits per heavy atom. The molecule has 2 N–H and O–H groups in total. The number of anilines is 1. The summed E-state index contributed by atoms with van der Waals surface area (Å²) in [7, 11) is 3.14. The van der Waals surface area contributed by atoms with Crippen molar-refractivity contribution in [2.75, 3.05) is 26.1 Å². The van der Waals surface area contributed by atoms with Crippen LogP contribution in [0.1, 0.15) is 26.3 Å². The van der Waals surface area contributed by atoms with Gasteiger partial charge >= 0.3 is 0 Å². The van der Waals surface area contributed by atoms with Gasteiger partial charge in [-0.2, -0.15) is 0 Å². The summed E-state index contributed by atoms with van der Waals surface area (Å²) in [5, 5.41) is 5.53. The Morgan fingerprint density at radius 2 is 1.65 bits per heavy atom. The summed E-state index contributed by atoms with van der Waals surface area (Å²) in [6, 6.07) is 17.6. The van der Waals surface area contributed by atoms with Gasteiger partial charge in [0.1, 0.15) is 5.82 Å². The highest BCUT2D eigenvalue weighted by atomic mass is 19.1. The molecular weight excluding hydrogens is 399 g/mol. The number of benzene rings is 3. The van der Waals surface area contributed by atoms with Crippen molar-refractivity contribution in [3.63, 3.8) is 0 Å². The Bertz CT molecular complexity index is 1080. The van der Waals surface area contributed by atoms with Crippen LogP contribution in [0.5, 0.6) is 11.5 Å². The minimum absolute atomic E-state index is 0.170. The van der Waals surface area contributed by atoms with Crippen molar-refractivity contribution >= 4 is 17.5 Å². The molecule has 0 saturated carbocycles. The van der Waals surface area contributed by atoms with Gasteiger partial charge in [-0.25, -0.2) is 4.39 Å². The van der Waals surface area contributed by atoms with Crippen molar-refractivity contribution in [1.29, 1.82) is 0 Å². The summed E-state index contributed by atoms with van der Waals surface area (Å²) in [5.74, 6) is -0.0653. The van der Waals surface area contributed by atoms with Crippen LogP contribution in [-0.4, -0.2) is 32.6 Å². The first-order valence-electron chi connectivity index (χ1n) is 9.67. The van der Waals surface area contributed by atoms with E-state index in [2.05, 4.69) is 10.6 Å². The zero-order chi connectivity index (χ0) is 22.2. The number of halogens is 1. The van der Waals surface area contributed by atoms with E-state index in [1.807, 2.05) is 18.2 Å². The first-order valence-corrected chi connectivity index (χ1v) is 9.67. The van der Waals surface area contributed by atoms with Crippen molar-refractivity contribution in [3.8, 4) is 11.5 Å². The zero-order valence-corrected chi connectivity index (χ0v) is 17.3. The molecule has 31 heavy (non-hydrogen) atoms. The minimum atomic E-state index is -0.506. The molecule has 160 valence electrons. The van der Waals surface area contributed by atoms with Gasteiger partial charge in [0, 0.05) is 12.1 Å². The largest absolute Gasteiger partial charge is 0.493 e. The van der Waals surface area contributed by atoms with Crippen molar-refractivity contribution in [2.45, 2.75) is 6.42 Å². The highest BCUT2D eigenvalue weighted by Crippen LogP contribution is 2.27. The molecule has 0 spiro atoms. The second-order valence-electron chi connectivity index (χ2n) is 6.71. The maximum atomic E-state index is 13.4. The molecule has 6 nitrogen and oxygen atoms in total. The van der Waals surface area contributed by atoms with Crippen LogP contribution >= 0.6 is 0 Å². The molecule has 0 heterocycles. The van der Waals surface area contributed by atoms with E-state index in [-0.39, 0.29) is 11.5 Å². The molecule has 0 aliphatic rings. The van der Waals surface area contributed by atoms with Crippen molar-refractivity contribution < 1.29 is 23.5 Å². The van der Waals surface area contributed by atoms with Crippen molar-refractivity contribution in [2.24, 2.45) is 0 Å². The molecule has 0 bridgehead atoms. The standard InChI is InChI=1S/C24H23FN2O4/c1-30-21-11-10-16(14-22(21)31-2)12-13-26-24(29)19-8-3-4-9-20(19)27-23(28)17-6-5-7-18(25)15-17/h3-11,14-15H,12-13H2,1-2H3,(H,26,29)(H,27,28). The minimum Gasteiger partial charge on any atom is -0.493 e. The number of carbonyl (C=O) groups excluding carboxylic acids is 2. The maximum absolute atomic E-state index is 13.4. The van der Waals surface area contributed by atoms with Crippen LogP contribution in [-0.2, 0) is 6.42 Å². The van der Waals surface area contributed by atoms with E-state index in [0.717, 1.165) is 11.6 Å². The number of amides is 2. The van der Waals surface area contributed by atoms with Gasteiger partial charge in [0.15, 0.2) is 11.5 Å². The van der Waals surface area contributed by atoms with Gasteiger partial charge in [-0.05, 0) is 54.4 Å². The normalized spacial score (nSPS) is 10.3. The molecule has 0 aromatic heterocycles. The number of hydrogen-bond donors (Lipinski definition) is 2. The van der Waals surface area contributed by atoms with Crippen LogP contribution in [0.3, 0.4) is 0 Å². The molecule has 2 amide bonds. The topological polar surface area (TPSA) is 76.7 Å². The molecule has 0 aliphatic heterocycles. The molecule has 0 saturated heterocycles. The van der Waals surface area contributed by atoms with Crippen LogP contribution in [0.15, 0.2) is 66.7 Å². The number of carbonyl (C=O) groups is 2. The average molecular weight is 422 g/mol. The lowest BCUT2D eigenvalue weighted by Crippen LogP contribution is -2.27. The molecule has 0 atom stereocenters. The van der Waals surface area contributed by atoms with Gasteiger partial charge in [-0.3, -0.25) is 9.59 Å². The zero-order valence-electron chi connectivity index (χ0n) is 17.3. The number of para-hydroxylation sites is 1. The summed E-state index contributed by atoms with van der Waals surface area (Å²) in [6.45, 7) is 0.389. The molecule has 7 heteroatoms. The predicted molar refractivity (Wildman–Crippen MR) is 116 cm³/mol. The van der Waals surface area contributed by atoms with E-state index in [4.69, 9.17) is 9.47 Å². The number of rotatable bonds is 8. The summed E-state index contributed by atoms with van der Waals surface area (Å²) < 4.78 is 23.9. The van der Waals surface area contributed by atoms with E-state index in [1.165, 1.54) is 18.2 Å². The fourth-order valence-electron chi connectivity index (χ4n) is 3.07. The van der Waals surface area contributed by atoms with Gasteiger partial charge in [-0.1, -0.05) is 24.3 Å². The fraction of sp³-hybridized carbons (Fsp3) is 0.167. The van der Waals surface area contributed by atoms with E-state index in [0.29, 0.717) is 35.7 Å². The van der Waals surface area contributed by atoms with Crippen LogP contribution < -0.4 is 20.1 Å². The van der Waals surface area contributed by atoms with Gasteiger partial charge in [0.2, 0.25) is 0 Å². The van der Waals surface area contributed by atoms with E-state index in [1.54, 1.807) is 38.5 Å². The van der Waals surface area contributed by atoms with Crippen LogP contribution in [0.25, 0.3) is 0 Å². The molecule has 0 aliphatic carbocycles. The lowest BCUT2D eigenvalue weighted by molar-refractivity contribution is 0.0955. The molecule has 0 radical (unpaired) electrons. The second-order valence-corrected chi connectivity index (χ2v) is 6.71. The Balaban J connectivity index is 1.64. The molecule has 0 fully saturated rings. The Labute approximate surface area is 180 Å². The first kappa shape index (κ1) is 21.8. The second kappa shape index (κ2) is 10.2. The molecule has 3 aromatic carbocycles. The molecule has 3 aromatic rings.